The maximum Gasteiger partial charge on any atom is 0.417 e. The van der Waals surface area contributed by atoms with Crippen molar-refractivity contribution in [2.45, 2.75) is 25.9 Å². The van der Waals surface area contributed by atoms with E-state index in [1.54, 1.807) is 0 Å². The van der Waals surface area contributed by atoms with Gasteiger partial charge in [0.25, 0.3) is 6.43 Å². The highest BCUT2D eigenvalue weighted by molar-refractivity contribution is 5.73. The molecule has 3 nitrogen and oxygen atoms in total. The zero-order valence-corrected chi connectivity index (χ0v) is 10.8. The van der Waals surface area contributed by atoms with Crippen LogP contribution in [0.1, 0.15) is 35.6 Å². The van der Waals surface area contributed by atoms with E-state index in [4.69, 9.17) is 5.26 Å². The second-order valence-corrected chi connectivity index (χ2v) is 3.99. The van der Waals surface area contributed by atoms with Crippen LogP contribution < -0.4 is 0 Å². The molecule has 0 aliphatic heterocycles. The van der Waals surface area contributed by atoms with E-state index in [1.165, 1.54) is 13.0 Å². The number of nitrogens with zero attached hydrogens (tertiary/aromatic N) is 1. The summed E-state index contributed by atoms with van der Waals surface area (Å²) in [6, 6.07) is 2.16. The van der Waals surface area contributed by atoms with Crippen LogP contribution in [0.4, 0.5) is 22.0 Å². The Morgan fingerprint density at radius 3 is 2.43 bits per heavy atom. The van der Waals surface area contributed by atoms with Gasteiger partial charge < -0.3 is 4.74 Å². The van der Waals surface area contributed by atoms with Gasteiger partial charge in [-0.15, -0.1) is 0 Å². The molecule has 114 valence electrons. The summed E-state index contributed by atoms with van der Waals surface area (Å²) < 4.78 is 68.4. The molecule has 0 radical (unpaired) electrons. The number of halogens is 5. The Morgan fingerprint density at radius 2 is 2.00 bits per heavy atom. The Bertz CT molecular complexity index is 575. The van der Waals surface area contributed by atoms with Gasteiger partial charge in [-0.3, -0.25) is 4.79 Å². The van der Waals surface area contributed by atoms with Gasteiger partial charge in [0.2, 0.25) is 0 Å². The molecule has 0 aliphatic carbocycles. The summed E-state index contributed by atoms with van der Waals surface area (Å²) in [5.41, 5.74) is -3.55. The average Bonchev–Trinajstić information content (AvgIpc) is 2.36. The quantitative estimate of drug-likeness (QED) is 0.630. The predicted octanol–water partition coefficient (Wildman–Crippen LogP) is 3.62. The molecule has 1 rings (SSSR count). The van der Waals surface area contributed by atoms with Crippen LogP contribution in [0.2, 0.25) is 0 Å². The van der Waals surface area contributed by atoms with Gasteiger partial charge in [0.15, 0.2) is 0 Å². The van der Waals surface area contributed by atoms with Gasteiger partial charge in [-0.1, -0.05) is 0 Å². The van der Waals surface area contributed by atoms with E-state index < -0.39 is 41.7 Å². The van der Waals surface area contributed by atoms with Crippen LogP contribution in [0, 0.1) is 11.3 Å². The number of esters is 1. The van der Waals surface area contributed by atoms with Gasteiger partial charge >= 0.3 is 12.1 Å². The Hall–Kier alpha value is -2.17. The van der Waals surface area contributed by atoms with Crippen molar-refractivity contribution in [3.05, 3.63) is 34.4 Å². The zero-order chi connectivity index (χ0) is 16.2. The van der Waals surface area contributed by atoms with E-state index in [-0.39, 0.29) is 18.2 Å². The third-order valence-corrected chi connectivity index (χ3v) is 2.58. The molecule has 21 heavy (non-hydrogen) atoms. The highest BCUT2D eigenvalue weighted by atomic mass is 19.4. The van der Waals surface area contributed by atoms with E-state index in [1.807, 2.05) is 0 Å². The minimum absolute atomic E-state index is 0.00852. The number of hydrogen-bond donors (Lipinski definition) is 0. The van der Waals surface area contributed by atoms with Crippen molar-refractivity contribution < 1.29 is 31.5 Å². The molecule has 0 aromatic heterocycles. The van der Waals surface area contributed by atoms with Gasteiger partial charge in [-0.25, -0.2) is 8.78 Å². The van der Waals surface area contributed by atoms with Crippen molar-refractivity contribution in [1.82, 2.24) is 0 Å². The van der Waals surface area contributed by atoms with Gasteiger partial charge in [-0.2, -0.15) is 18.4 Å². The van der Waals surface area contributed by atoms with E-state index in [9.17, 15) is 26.7 Å². The van der Waals surface area contributed by atoms with Crippen LogP contribution in [0.5, 0.6) is 0 Å². The molecule has 0 N–H and O–H groups in total. The van der Waals surface area contributed by atoms with E-state index in [2.05, 4.69) is 4.74 Å². The van der Waals surface area contributed by atoms with Crippen LogP contribution >= 0.6 is 0 Å². The maximum atomic E-state index is 12.9. The van der Waals surface area contributed by atoms with Crippen LogP contribution in [0.25, 0.3) is 0 Å². The van der Waals surface area contributed by atoms with E-state index >= 15 is 0 Å². The summed E-state index contributed by atoms with van der Waals surface area (Å²) in [7, 11) is 0. The fourth-order valence-electron chi connectivity index (χ4n) is 1.71. The Kier molecular flexibility index (Phi) is 5.24. The predicted molar refractivity (Wildman–Crippen MR) is 61.5 cm³/mol. The van der Waals surface area contributed by atoms with Crippen molar-refractivity contribution in [1.29, 1.82) is 5.26 Å². The zero-order valence-electron chi connectivity index (χ0n) is 10.8. The molecular formula is C13H10F5NO2. The average molecular weight is 307 g/mol. The maximum absolute atomic E-state index is 12.9. The highest BCUT2D eigenvalue weighted by Gasteiger charge is 2.35. The number of carbonyl (C=O) groups excluding carboxylic acids is 1. The molecule has 0 amide bonds. The van der Waals surface area contributed by atoms with E-state index in [0.717, 1.165) is 0 Å². The Morgan fingerprint density at radius 1 is 1.38 bits per heavy atom. The summed E-state index contributed by atoms with van der Waals surface area (Å²) in [5, 5.41) is 8.72. The van der Waals surface area contributed by atoms with Crippen LogP contribution in [-0.2, 0) is 22.1 Å². The Labute approximate surface area is 116 Å². The lowest BCUT2D eigenvalue weighted by Crippen LogP contribution is -2.14. The highest BCUT2D eigenvalue weighted by Crippen LogP contribution is 2.36. The van der Waals surface area contributed by atoms with Gasteiger partial charge in [-0.05, 0) is 24.6 Å². The molecule has 0 saturated carbocycles. The first-order valence-corrected chi connectivity index (χ1v) is 5.78. The molecule has 0 fully saturated rings. The minimum Gasteiger partial charge on any atom is -0.466 e. The van der Waals surface area contributed by atoms with Crippen molar-refractivity contribution >= 4 is 5.97 Å². The Balaban J connectivity index is 3.38. The largest absolute Gasteiger partial charge is 0.466 e. The second kappa shape index (κ2) is 6.52. The van der Waals surface area contributed by atoms with Crippen molar-refractivity contribution in [3.8, 4) is 6.07 Å². The number of rotatable bonds is 4. The SMILES string of the molecule is CCOC(=O)Cc1cc(C#N)c(C(F)(F)F)cc1C(F)F. The topological polar surface area (TPSA) is 50.1 Å². The van der Waals surface area contributed by atoms with Crippen LogP contribution in [0.3, 0.4) is 0 Å². The molecule has 0 spiro atoms. The second-order valence-electron chi connectivity index (χ2n) is 3.99. The lowest BCUT2D eigenvalue weighted by Gasteiger charge is -2.14. The standard InChI is InChI=1S/C13H10F5NO2/c1-2-21-11(20)4-7-3-8(6-19)10(13(16,17)18)5-9(7)12(14)15/h3,5,12H,2,4H2,1H3. The number of alkyl halides is 5. The monoisotopic (exact) mass is 307 g/mol. The first kappa shape index (κ1) is 16.9. The van der Waals surface area contributed by atoms with Gasteiger partial charge in [0, 0.05) is 5.56 Å². The summed E-state index contributed by atoms with van der Waals surface area (Å²) in [4.78, 5) is 11.3. The number of ether oxygens (including phenoxy) is 1. The van der Waals surface area contributed by atoms with Crippen molar-refractivity contribution in [2.75, 3.05) is 6.61 Å². The fraction of sp³-hybridized carbons (Fsp3) is 0.385. The minimum atomic E-state index is -4.93. The first-order chi connectivity index (χ1) is 9.70. The molecule has 0 atom stereocenters. The molecular weight excluding hydrogens is 297 g/mol. The number of benzene rings is 1. The summed E-state index contributed by atoms with van der Waals surface area (Å²) >= 11 is 0. The van der Waals surface area contributed by atoms with Gasteiger partial charge in [0.05, 0.1) is 30.2 Å². The van der Waals surface area contributed by atoms with E-state index in [0.29, 0.717) is 6.07 Å². The first-order valence-electron chi connectivity index (χ1n) is 5.78. The number of nitriles is 1. The molecule has 0 aliphatic rings. The van der Waals surface area contributed by atoms with Crippen molar-refractivity contribution in [2.24, 2.45) is 0 Å². The fourth-order valence-corrected chi connectivity index (χ4v) is 1.71. The summed E-state index contributed by atoms with van der Waals surface area (Å²) in [6.07, 6.45) is -8.76. The molecule has 8 heteroatoms. The molecule has 1 aromatic carbocycles. The molecule has 0 unspecified atom stereocenters. The summed E-state index contributed by atoms with van der Waals surface area (Å²) in [5.74, 6) is -0.858. The third-order valence-electron chi connectivity index (χ3n) is 2.58. The lowest BCUT2D eigenvalue weighted by atomic mass is 9.96. The van der Waals surface area contributed by atoms with Crippen LogP contribution in [-0.4, -0.2) is 12.6 Å². The number of carbonyl (C=O) groups is 1. The molecule has 0 bridgehead atoms. The lowest BCUT2D eigenvalue weighted by molar-refractivity contribution is -0.142. The molecule has 0 heterocycles. The van der Waals surface area contributed by atoms with Crippen LogP contribution in [0.15, 0.2) is 12.1 Å². The molecule has 1 aromatic rings. The third kappa shape index (κ3) is 4.15. The molecule has 0 saturated heterocycles. The summed E-state index contributed by atoms with van der Waals surface area (Å²) in [6.45, 7) is 1.51. The smallest absolute Gasteiger partial charge is 0.417 e. The van der Waals surface area contributed by atoms with Gasteiger partial charge in [0.1, 0.15) is 0 Å². The number of hydrogen-bond acceptors (Lipinski definition) is 3. The van der Waals surface area contributed by atoms with Crippen molar-refractivity contribution in [3.63, 3.8) is 0 Å². The normalized spacial score (nSPS) is 11.3.